The molecular formula is C25H21ClN4O4. The van der Waals surface area contributed by atoms with Crippen molar-refractivity contribution in [3.8, 4) is 17.0 Å². The Bertz CT molecular complexity index is 1420. The lowest BCUT2D eigenvalue weighted by atomic mass is 10.1. The highest BCUT2D eigenvalue weighted by atomic mass is 35.5. The molecule has 4 aromatic rings. The summed E-state index contributed by atoms with van der Waals surface area (Å²) in [6.07, 6.45) is 1.37. The van der Waals surface area contributed by atoms with Crippen LogP contribution in [0.3, 0.4) is 0 Å². The van der Waals surface area contributed by atoms with Crippen LogP contribution < -0.4 is 5.43 Å². The number of non-ortho nitro benzene ring substituents is 1. The SMILES string of the molecule is Cc1cc([N+](=O)[O-])ccc1-c1ccc(/C=N\NC(=O)c2ccc(-n3c(C)ccc3C)cc2Cl)o1. The van der Waals surface area contributed by atoms with Gasteiger partial charge < -0.3 is 8.98 Å². The van der Waals surface area contributed by atoms with Gasteiger partial charge in [0.15, 0.2) is 0 Å². The first kappa shape index (κ1) is 23.0. The second kappa shape index (κ2) is 9.36. The molecule has 9 heteroatoms. The van der Waals surface area contributed by atoms with Gasteiger partial charge in [0.05, 0.1) is 21.7 Å². The van der Waals surface area contributed by atoms with Crippen molar-refractivity contribution >= 4 is 29.4 Å². The summed E-state index contributed by atoms with van der Waals surface area (Å²) >= 11 is 6.37. The normalized spacial score (nSPS) is 11.2. The van der Waals surface area contributed by atoms with Gasteiger partial charge in [-0.05, 0) is 74.9 Å². The highest BCUT2D eigenvalue weighted by Gasteiger charge is 2.14. The molecular weight excluding hydrogens is 456 g/mol. The monoisotopic (exact) mass is 476 g/mol. The van der Waals surface area contributed by atoms with Crippen LogP contribution in [0.1, 0.15) is 33.1 Å². The fourth-order valence-corrected chi connectivity index (χ4v) is 3.98. The Balaban J connectivity index is 1.45. The van der Waals surface area contributed by atoms with E-state index < -0.39 is 10.8 Å². The standard InChI is InChI=1S/C25H21ClN4O4/c1-15-12-19(30(32)33)7-9-21(15)24-11-8-20(34-24)14-27-28-25(31)22-10-6-18(13-23(22)26)29-16(2)4-5-17(29)3/h4-14H,1-3H3,(H,28,31)/b27-14-. The first-order chi connectivity index (χ1) is 16.2. The van der Waals surface area contributed by atoms with Crippen molar-refractivity contribution in [2.24, 2.45) is 5.10 Å². The van der Waals surface area contributed by atoms with Crippen molar-refractivity contribution in [1.82, 2.24) is 9.99 Å². The fraction of sp³-hybridized carbons (Fsp3) is 0.120. The largest absolute Gasteiger partial charge is 0.455 e. The third-order valence-corrected chi connectivity index (χ3v) is 5.71. The lowest BCUT2D eigenvalue weighted by Gasteiger charge is -2.11. The third kappa shape index (κ3) is 4.62. The van der Waals surface area contributed by atoms with Gasteiger partial charge in [-0.15, -0.1) is 0 Å². The molecule has 4 rings (SSSR count). The number of rotatable bonds is 6. The van der Waals surface area contributed by atoms with E-state index in [0.717, 1.165) is 22.6 Å². The molecule has 0 saturated heterocycles. The Morgan fingerprint density at radius 1 is 1.06 bits per heavy atom. The molecule has 0 fully saturated rings. The molecule has 0 saturated carbocycles. The molecule has 0 aliphatic rings. The molecule has 2 aromatic carbocycles. The smallest absolute Gasteiger partial charge is 0.272 e. The Morgan fingerprint density at radius 2 is 1.79 bits per heavy atom. The summed E-state index contributed by atoms with van der Waals surface area (Å²) in [5, 5.41) is 15.2. The van der Waals surface area contributed by atoms with Gasteiger partial charge in [0.25, 0.3) is 11.6 Å². The van der Waals surface area contributed by atoms with Gasteiger partial charge in [0.2, 0.25) is 0 Å². The predicted octanol–water partition coefficient (Wildman–Crippen LogP) is 5.99. The summed E-state index contributed by atoms with van der Waals surface area (Å²) in [6.45, 7) is 5.77. The number of aromatic nitrogens is 1. The van der Waals surface area contributed by atoms with Crippen LogP contribution in [0.25, 0.3) is 17.0 Å². The number of nitrogens with zero attached hydrogens (tertiary/aromatic N) is 3. The van der Waals surface area contributed by atoms with Crippen LogP contribution in [0.4, 0.5) is 5.69 Å². The van der Waals surface area contributed by atoms with Gasteiger partial charge in [-0.3, -0.25) is 14.9 Å². The number of hydrogen-bond donors (Lipinski definition) is 1. The maximum atomic E-state index is 12.5. The van der Waals surface area contributed by atoms with Crippen molar-refractivity contribution in [2.45, 2.75) is 20.8 Å². The van der Waals surface area contributed by atoms with Crippen LogP contribution >= 0.6 is 11.6 Å². The second-order valence-electron chi connectivity index (χ2n) is 7.77. The second-order valence-corrected chi connectivity index (χ2v) is 8.18. The lowest BCUT2D eigenvalue weighted by molar-refractivity contribution is -0.384. The fourth-order valence-electron chi connectivity index (χ4n) is 3.72. The van der Waals surface area contributed by atoms with Gasteiger partial charge in [0.1, 0.15) is 11.5 Å². The number of nitro benzene ring substituents is 1. The third-order valence-electron chi connectivity index (χ3n) is 5.40. The molecule has 0 atom stereocenters. The number of nitrogens with one attached hydrogen (secondary N) is 1. The number of benzene rings is 2. The van der Waals surface area contributed by atoms with E-state index in [-0.39, 0.29) is 5.69 Å². The number of hydrazone groups is 1. The van der Waals surface area contributed by atoms with Crippen molar-refractivity contribution in [3.63, 3.8) is 0 Å². The van der Waals surface area contributed by atoms with Gasteiger partial charge >= 0.3 is 0 Å². The van der Waals surface area contributed by atoms with E-state index in [9.17, 15) is 14.9 Å². The number of aryl methyl sites for hydroxylation is 3. The number of carbonyl (C=O) groups excluding carboxylic acids is 1. The van der Waals surface area contributed by atoms with E-state index in [1.165, 1.54) is 18.3 Å². The average Bonchev–Trinajstić information content (AvgIpc) is 3.39. The highest BCUT2D eigenvalue weighted by molar-refractivity contribution is 6.34. The molecule has 1 amide bonds. The summed E-state index contributed by atoms with van der Waals surface area (Å²) in [5.41, 5.74) is 7.21. The van der Waals surface area contributed by atoms with Crippen LogP contribution in [-0.4, -0.2) is 21.6 Å². The van der Waals surface area contributed by atoms with E-state index in [4.69, 9.17) is 16.0 Å². The van der Waals surface area contributed by atoms with Gasteiger partial charge in [0, 0.05) is 34.8 Å². The van der Waals surface area contributed by atoms with Crippen molar-refractivity contribution in [1.29, 1.82) is 0 Å². The first-order valence-electron chi connectivity index (χ1n) is 10.4. The van der Waals surface area contributed by atoms with Crippen LogP contribution in [0.2, 0.25) is 5.02 Å². The molecule has 1 N–H and O–H groups in total. The topological polar surface area (TPSA) is 103 Å². The Labute approximate surface area is 200 Å². The molecule has 0 bridgehead atoms. The lowest BCUT2D eigenvalue weighted by Crippen LogP contribution is -2.18. The number of amides is 1. The minimum Gasteiger partial charge on any atom is -0.455 e. The average molecular weight is 477 g/mol. The highest BCUT2D eigenvalue weighted by Crippen LogP contribution is 2.28. The van der Waals surface area contributed by atoms with Gasteiger partial charge in [-0.1, -0.05) is 11.6 Å². The minimum atomic E-state index is -0.452. The molecule has 0 unspecified atom stereocenters. The number of hydrogen-bond acceptors (Lipinski definition) is 5. The van der Waals surface area contributed by atoms with E-state index >= 15 is 0 Å². The summed E-state index contributed by atoms with van der Waals surface area (Å²) in [5.74, 6) is 0.495. The molecule has 172 valence electrons. The molecule has 0 aliphatic carbocycles. The quantitative estimate of drug-likeness (QED) is 0.210. The predicted molar refractivity (Wildman–Crippen MR) is 131 cm³/mol. The number of halogens is 1. The van der Waals surface area contributed by atoms with E-state index in [0.29, 0.717) is 27.7 Å². The zero-order valence-corrected chi connectivity index (χ0v) is 19.5. The van der Waals surface area contributed by atoms with E-state index in [1.54, 1.807) is 37.3 Å². The first-order valence-corrected chi connectivity index (χ1v) is 10.8. The Hall–Kier alpha value is -4.17. The zero-order chi connectivity index (χ0) is 24.4. The Morgan fingerprint density at radius 3 is 2.44 bits per heavy atom. The molecule has 0 spiro atoms. The Kier molecular flexibility index (Phi) is 6.34. The van der Waals surface area contributed by atoms with Gasteiger partial charge in [-0.25, -0.2) is 5.43 Å². The van der Waals surface area contributed by atoms with E-state index in [2.05, 4.69) is 10.5 Å². The van der Waals surface area contributed by atoms with Crippen molar-refractivity contribution < 1.29 is 14.1 Å². The maximum absolute atomic E-state index is 12.5. The molecule has 2 aromatic heterocycles. The molecule has 2 heterocycles. The molecule has 0 aliphatic heterocycles. The van der Waals surface area contributed by atoms with Crippen LogP contribution in [-0.2, 0) is 0 Å². The summed E-state index contributed by atoms with van der Waals surface area (Å²) in [6, 6.07) is 17.2. The molecule has 0 radical (unpaired) electrons. The number of furan rings is 1. The maximum Gasteiger partial charge on any atom is 0.272 e. The summed E-state index contributed by atoms with van der Waals surface area (Å²) < 4.78 is 7.79. The van der Waals surface area contributed by atoms with Crippen LogP contribution in [0, 0.1) is 30.9 Å². The summed E-state index contributed by atoms with van der Waals surface area (Å²) in [4.78, 5) is 23.0. The summed E-state index contributed by atoms with van der Waals surface area (Å²) in [7, 11) is 0. The number of carbonyl (C=O) groups is 1. The van der Waals surface area contributed by atoms with Crippen LogP contribution in [0.5, 0.6) is 0 Å². The van der Waals surface area contributed by atoms with Crippen molar-refractivity contribution in [3.05, 3.63) is 104 Å². The van der Waals surface area contributed by atoms with E-state index in [1.807, 2.05) is 36.6 Å². The number of nitro groups is 1. The van der Waals surface area contributed by atoms with Crippen molar-refractivity contribution in [2.75, 3.05) is 0 Å². The molecule has 34 heavy (non-hydrogen) atoms. The van der Waals surface area contributed by atoms with Gasteiger partial charge in [-0.2, -0.15) is 5.10 Å². The zero-order valence-electron chi connectivity index (χ0n) is 18.7. The minimum absolute atomic E-state index is 0.0163. The molecule has 8 nitrogen and oxygen atoms in total. The van der Waals surface area contributed by atoms with Crippen LogP contribution in [0.15, 0.2) is 70.2 Å².